The molecule has 2 aromatic rings. The summed E-state index contributed by atoms with van der Waals surface area (Å²) in [4.78, 5) is 11.9. The minimum absolute atomic E-state index is 0.267. The maximum absolute atomic E-state index is 12.8. The third-order valence-corrected chi connectivity index (χ3v) is 3.20. The molecule has 0 aliphatic rings. The Morgan fingerprint density at radius 3 is 2.17 bits per heavy atom. The first kappa shape index (κ1) is 18.0. The Kier molecular flexibility index (Phi) is 5.62. The average molecular weight is 359 g/mol. The van der Waals surface area contributed by atoms with E-state index in [-0.39, 0.29) is 5.78 Å². The molecule has 2 rings (SSSR count). The highest BCUT2D eigenvalue weighted by molar-refractivity contribution is 6.30. The van der Waals surface area contributed by atoms with Crippen molar-refractivity contribution >= 4 is 23.5 Å². The molecule has 0 aromatic heterocycles. The minimum atomic E-state index is -4.55. The quantitative estimate of drug-likeness (QED) is 0.388. The monoisotopic (exact) mass is 358 g/mol. The van der Waals surface area contributed by atoms with Crippen molar-refractivity contribution in [1.82, 2.24) is 0 Å². The maximum atomic E-state index is 12.8. The van der Waals surface area contributed by atoms with Crippen LogP contribution in [0.4, 0.5) is 17.6 Å². The second-order valence-corrected chi connectivity index (χ2v) is 5.17. The van der Waals surface area contributed by atoms with Gasteiger partial charge >= 0.3 is 12.5 Å². The van der Waals surface area contributed by atoms with Crippen molar-refractivity contribution in [3.05, 3.63) is 70.8 Å². The van der Waals surface area contributed by atoms with Gasteiger partial charge in [0.15, 0.2) is 5.78 Å². The van der Waals surface area contributed by atoms with Gasteiger partial charge in [-0.25, -0.2) is 0 Å². The zero-order valence-corrected chi connectivity index (χ0v) is 12.8. The Morgan fingerprint density at radius 1 is 1.04 bits per heavy atom. The molecule has 0 saturated carbocycles. The lowest BCUT2D eigenvalue weighted by Crippen LogP contribution is -2.33. The second-order valence-electron chi connectivity index (χ2n) is 4.74. The Bertz CT molecular complexity index is 725. The molecule has 0 fully saturated rings. The summed E-state index contributed by atoms with van der Waals surface area (Å²) in [5.74, 6) is -0.669. The van der Waals surface area contributed by atoms with Gasteiger partial charge in [-0.05, 0) is 48.0 Å². The molecule has 126 valence electrons. The minimum Gasteiger partial charge on any atom is -0.428 e. The summed E-state index contributed by atoms with van der Waals surface area (Å²) in [6, 6.07) is 11.3. The van der Waals surface area contributed by atoms with E-state index in [0.717, 1.165) is 12.1 Å². The van der Waals surface area contributed by atoms with Gasteiger partial charge in [-0.15, -0.1) is 0 Å². The van der Waals surface area contributed by atoms with Gasteiger partial charge < -0.3 is 4.74 Å². The molecule has 24 heavy (non-hydrogen) atoms. The van der Waals surface area contributed by atoms with Gasteiger partial charge in [0.1, 0.15) is 5.75 Å². The highest BCUT2D eigenvalue weighted by Gasteiger charge is 2.43. The lowest BCUT2D eigenvalue weighted by molar-refractivity contribution is -0.253. The van der Waals surface area contributed by atoms with E-state index in [9.17, 15) is 22.4 Å². The lowest BCUT2D eigenvalue weighted by atomic mass is 10.1. The molecule has 7 heteroatoms. The van der Waals surface area contributed by atoms with Gasteiger partial charge in [0.25, 0.3) is 0 Å². The number of ether oxygens (including phenoxy) is 1. The molecule has 0 unspecified atom stereocenters. The number of carbonyl (C=O) groups excluding carboxylic acids is 1. The SMILES string of the molecule is O=C(C=Cc1ccc(OC(F)(F)C(F)F)cc1)c1ccc(Cl)cc1. The third-order valence-electron chi connectivity index (χ3n) is 2.94. The molecule has 0 saturated heterocycles. The fraction of sp³-hybridized carbons (Fsp3) is 0.118. The van der Waals surface area contributed by atoms with Crippen LogP contribution in [0.5, 0.6) is 5.75 Å². The Hall–Kier alpha value is -2.34. The summed E-state index contributed by atoms with van der Waals surface area (Å²) >= 11 is 5.73. The summed E-state index contributed by atoms with van der Waals surface area (Å²) in [6.45, 7) is 0. The Balaban J connectivity index is 2.03. The molecular formula is C17H11ClF4O2. The average Bonchev–Trinajstić information content (AvgIpc) is 2.54. The van der Waals surface area contributed by atoms with Crippen LogP contribution < -0.4 is 4.74 Å². The van der Waals surface area contributed by atoms with E-state index in [0.29, 0.717) is 16.1 Å². The lowest BCUT2D eigenvalue weighted by Gasteiger charge is -2.16. The first-order valence-corrected chi connectivity index (χ1v) is 7.09. The normalized spacial score (nSPS) is 11.9. The predicted molar refractivity (Wildman–Crippen MR) is 82.8 cm³/mol. The van der Waals surface area contributed by atoms with Gasteiger partial charge in [-0.1, -0.05) is 29.8 Å². The summed E-state index contributed by atoms with van der Waals surface area (Å²) in [5.41, 5.74) is 0.956. The first-order chi connectivity index (χ1) is 11.3. The van der Waals surface area contributed by atoms with E-state index >= 15 is 0 Å². The number of hydrogen-bond donors (Lipinski definition) is 0. The highest BCUT2D eigenvalue weighted by atomic mass is 35.5. The van der Waals surface area contributed by atoms with Crippen molar-refractivity contribution in [2.75, 3.05) is 0 Å². The molecule has 2 aromatic carbocycles. The van der Waals surface area contributed by atoms with Crippen LogP contribution in [0.1, 0.15) is 15.9 Å². The highest BCUT2D eigenvalue weighted by Crippen LogP contribution is 2.27. The molecule has 0 atom stereocenters. The zero-order valence-electron chi connectivity index (χ0n) is 12.1. The molecule has 0 aliphatic carbocycles. The van der Waals surface area contributed by atoms with Crippen LogP contribution in [-0.2, 0) is 0 Å². The number of carbonyl (C=O) groups is 1. The van der Waals surface area contributed by atoms with E-state index in [2.05, 4.69) is 4.74 Å². The van der Waals surface area contributed by atoms with Gasteiger partial charge in [0.05, 0.1) is 0 Å². The van der Waals surface area contributed by atoms with Gasteiger partial charge in [-0.3, -0.25) is 4.79 Å². The number of alkyl halides is 4. The number of allylic oxidation sites excluding steroid dienone is 1. The van der Waals surface area contributed by atoms with E-state index < -0.39 is 18.3 Å². The van der Waals surface area contributed by atoms with E-state index in [4.69, 9.17) is 11.6 Å². The van der Waals surface area contributed by atoms with Gasteiger partial charge in [0.2, 0.25) is 0 Å². The number of ketones is 1. The summed E-state index contributed by atoms with van der Waals surface area (Å²) in [7, 11) is 0. The van der Waals surface area contributed by atoms with Crippen LogP contribution in [0, 0.1) is 0 Å². The van der Waals surface area contributed by atoms with Crippen molar-refractivity contribution in [2.45, 2.75) is 12.5 Å². The van der Waals surface area contributed by atoms with Crippen LogP contribution in [0.15, 0.2) is 54.6 Å². The Morgan fingerprint density at radius 2 is 1.62 bits per heavy atom. The maximum Gasteiger partial charge on any atom is 0.461 e. The number of rotatable bonds is 6. The van der Waals surface area contributed by atoms with E-state index in [1.807, 2.05) is 0 Å². The van der Waals surface area contributed by atoms with E-state index in [1.165, 1.54) is 24.3 Å². The molecule has 0 heterocycles. The molecule has 2 nitrogen and oxygen atoms in total. The smallest absolute Gasteiger partial charge is 0.428 e. The topological polar surface area (TPSA) is 26.3 Å². The molecule has 0 amide bonds. The fourth-order valence-corrected chi connectivity index (χ4v) is 1.86. The zero-order chi connectivity index (χ0) is 17.7. The molecule has 0 aliphatic heterocycles. The van der Waals surface area contributed by atoms with Gasteiger partial charge in [-0.2, -0.15) is 17.6 Å². The fourth-order valence-electron chi connectivity index (χ4n) is 1.73. The van der Waals surface area contributed by atoms with Crippen molar-refractivity contribution in [1.29, 1.82) is 0 Å². The molecule has 0 bridgehead atoms. The standard InChI is InChI=1S/C17H11ClF4O2/c18-13-6-4-12(5-7-13)15(23)10-3-11-1-8-14(9-2-11)24-17(21,22)16(19)20/h1-10,16H. The molecular weight excluding hydrogens is 348 g/mol. The van der Waals surface area contributed by atoms with Crippen molar-refractivity contribution in [2.24, 2.45) is 0 Å². The van der Waals surface area contributed by atoms with Crippen LogP contribution in [0.25, 0.3) is 6.08 Å². The Labute approximate surface area is 140 Å². The molecule has 0 spiro atoms. The van der Waals surface area contributed by atoms with E-state index in [1.54, 1.807) is 24.3 Å². The summed E-state index contributed by atoms with van der Waals surface area (Å²) in [5, 5.41) is 0.506. The van der Waals surface area contributed by atoms with Crippen LogP contribution in [0.3, 0.4) is 0 Å². The largest absolute Gasteiger partial charge is 0.461 e. The first-order valence-electron chi connectivity index (χ1n) is 6.71. The second kappa shape index (κ2) is 7.49. The number of halogens is 5. The van der Waals surface area contributed by atoms with Gasteiger partial charge in [0, 0.05) is 10.6 Å². The molecule has 0 radical (unpaired) electrons. The number of hydrogen-bond acceptors (Lipinski definition) is 2. The van der Waals surface area contributed by atoms with Crippen LogP contribution in [0.2, 0.25) is 5.02 Å². The molecule has 0 N–H and O–H groups in total. The summed E-state index contributed by atoms with van der Waals surface area (Å²) in [6.07, 6.45) is -5.71. The summed E-state index contributed by atoms with van der Waals surface area (Å²) < 4.78 is 53.5. The van der Waals surface area contributed by atoms with Crippen molar-refractivity contribution < 1.29 is 27.1 Å². The van der Waals surface area contributed by atoms with Crippen molar-refractivity contribution in [3.63, 3.8) is 0 Å². The third kappa shape index (κ3) is 4.83. The predicted octanol–water partition coefficient (Wildman–Crippen LogP) is 5.47. The number of benzene rings is 2. The van der Waals surface area contributed by atoms with Crippen LogP contribution in [-0.4, -0.2) is 18.3 Å². The van der Waals surface area contributed by atoms with Crippen molar-refractivity contribution in [3.8, 4) is 5.75 Å². The van der Waals surface area contributed by atoms with Crippen LogP contribution >= 0.6 is 11.6 Å².